The third-order valence-corrected chi connectivity index (χ3v) is 3.40. The number of carbonyl (C=O) groups excluding carboxylic acids is 1. The molecule has 1 N–H and O–H groups in total. The first-order chi connectivity index (χ1) is 6.97. The van der Waals surface area contributed by atoms with E-state index in [1.165, 1.54) is 20.1 Å². The van der Waals surface area contributed by atoms with E-state index in [4.69, 9.17) is 9.47 Å². The fourth-order valence-corrected chi connectivity index (χ4v) is 2.27. The number of benzene rings is 1. The molecule has 4 nitrogen and oxygen atoms in total. The monoisotopic (exact) mass is 434 g/mol. The molecule has 0 atom stereocenters. The van der Waals surface area contributed by atoms with Gasteiger partial charge in [0.2, 0.25) is 0 Å². The van der Waals surface area contributed by atoms with Crippen molar-refractivity contribution in [2.75, 3.05) is 7.11 Å². The van der Waals surface area contributed by atoms with Gasteiger partial charge in [0.05, 0.1) is 10.7 Å². The molecule has 0 aliphatic heterocycles. The topological polar surface area (TPSA) is 55.8 Å². The third kappa shape index (κ3) is 2.86. The second-order valence-electron chi connectivity index (χ2n) is 2.65. The van der Waals surface area contributed by atoms with Crippen LogP contribution in [0.5, 0.6) is 17.2 Å². The maximum Gasteiger partial charge on any atom is 0.308 e. The maximum atomic E-state index is 10.9. The van der Waals surface area contributed by atoms with E-state index in [2.05, 4.69) is 0 Å². The van der Waals surface area contributed by atoms with E-state index in [9.17, 15) is 9.90 Å². The van der Waals surface area contributed by atoms with Crippen LogP contribution in [0.1, 0.15) is 6.92 Å². The molecule has 0 aliphatic rings. The molecular weight excluding hydrogens is 426 g/mol. The van der Waals surface area contributed by atoms with Gasteiger partial charge < -0.3 is 14.6 Å². The first kappa shape index (κ1) is 12.8. The van der Waals surface area contributed by atoms with E-state index in [1.54, 1.807) is 0 Å². The minimum absolute atomic E-state index is 0.104. The van der Waals surface area contributed by atoms with Gasteiger partial charge in [0.25, 0.3) is 0 Å². The van der Waals surface area contributed by atoms with Crippen LogP contribution in [0.25, 0.3) is 0 Å². The van der Waals surface area contributed by atoms with Crippen molar-refractivity contribution >= 4 is 51.2 Å². The normalized spacial score (nSPS) is 9.87. The lowest BCUT2D eigenvalue weighted by atomic mass is 10.3. The molecule has 0 aromatic heterocycles. The van der Waals surface area contributed by atoms with Gasteiger partial charge in [0.1, 0.15) is 9.32 Å². The highest BCUT2D eigenvalue weighted by molar-refractivity contribution is 14.1. The molecular formula is C9H8I2O4. The number of ether oxygens (including phenoxy) is 2. The van der Waals surface area contributed by atoms with Crippen molar-refractivity contribution in [2.45, 2.75) is 6.92 Å². The van der Waals surface area contributed by atoms with Gasteiger partial charge in [0, 0.05) is 6.92 Å². The molecule has 0 aliphatic carbocycles. The van der Waals surface area contributed by atoms with Gasteiger partial charge in [-0.1, -0.05) is 0 Å². The molecule has 6 heteroatoms. The van der Waals surface area contributed by atoms with Crippen LogP contribution in [0, 0.1) is 7.14 Å². The summed E-state index contributed by atoms with van der Waals surface area (Å²) < 4.78 is 11.2. The van der Waals surface area contributed by atoms with Crippen LogP contribution in [0.3, 0.4) is 0 Å². The highest BCUT2D eigenvalue weighted by Crippen LogP contribution is 2.41. The Morgan fingerprint density at radius 1 is 1.40 bits per heavy atom. The van der Waals surface area contributed by atoms with Gasteiger partial charge in [-0.25, -0.2) is 0 Å². The predicted molar refractivity (Wildman–Crippen MR) is 71.4 cm³/mol. The molecule has 1 aromatic carbocycles. The molecule has 0 bridgehead atoms. The van der Waals surface area contributed by atoms with Crippen LogP contribution in [0.2, 0.25) is 0 Å². The Hall–Kier alpha value is -0.250. The molecule has 0 saturated carbocycles. The van der Waals surface area contributed by atoms with Crippen molar-refractivity contribution in [3.63, 3.8) is 0 Å². The molecule has 0 fully saturated rings. The number of carbonyl (C=O) groups is 1. The lowest BCUT2D eigenvalue weighted by Gasteiger charge is -2.12. The summed E-state index contributed by atoms with van der Waals surface area (Å²) >= 11 is 3.89. The van der Waals surface area contributed by atoms with Crippen molar-refractivity contribution in [1.29, 1.82) is 0 Å². The Balaban J connectivity index is 3.35. The predicted octanol–water partition coefficient (Wildman–Crippen LogP) is 2.54. The van der Waals surface area contributed by atoms with E-state index >= 15 is 0 Å². The van der Waals surface area contributed by atoms with Crippen molar-refractivity contribution in [3.05, 3.63) is 13.2 Å². The zero-order valence-corrected chi connectivity index (χ0v) is 12.3. The van der Waals surface area contributed by atoms with Crippen LogP contribution < -0.4 is 9.47 Å². The van der Waals surface area contributed by atoms with Crippen molar-refractivity contribution < 1.29 is 19.4 Å². The highest BCUT2D eigenvalue weighted by atomic mass is 127. The molecule has 15 heavy (non-hydrogen) atoms. The van der Waals surface area contributed by atoms with Crippen molar-refractivity contribution in [3.8, 4) is 17.2 Å². The number of esters is 1. The van der Waals surface area contributed by atoms with E-state index < -0.39 is 5.97 Å². The summed E-state index contributed by atoms with van der Waals surface area (Å²) in [6, 6.07) is 1.52. The van der Waals surface area contributed by atoms with Gasteiger partial charge in [-0.2, -0.15) is 0 Å². The Labute approximate surface area is 114 Å². The van der Waals surface area contributed by atoms with Gasteiger partial charge in [-0.05, 0) is 51.2 Å². The summed E-state index contributed by atoms with van der Waals surface area (Å²) in [5.74, 6) is 0.392. The summed E-state index contributed by atoms with van der Waals surface area (Å²) in [7, 11) is 1.46. The third-order valence-electron chi connectivity index (χ3n) is 1.56. The zero-order chi connectivity index (χ0) is 11.6. The second kappa shape index (κ2) is 5.19. The Kier molecular flexibility index (Phi) is 4.44. The summed E-state index contributed by atoms with van der Waals surface area (Å²) in [5.41, 5.74) is 0. The minimum atomic E-state index is -0.423. The smallest absolute Gasteiger partial charge is 0.308 e. The first-order valence-electron chi connectivity index (χ1n) is 3.90. The molecule has 0 radical (unpaired) electrons. The largest absolute Gasteiger partial charge is 0.507 e. The quantitative estimate of drug-likeness (QED) is 0.442. The average Bonchev–Trinajstić information content (AvgIpc) is 2.14. The maximum absolute atomic E-state index is 10.9. The van der Waals surface area contributed by atoms with E-state index in [-0.39, 0.29) is 5.75 Å². The Bertz CT molecular complexity index is 404. The Morgan fingerprint density at radius 3 is 2.47 bits per heavy atom. The molecule has 0 unspecified atom stereocenters. The standard InChI is InChI=1S/C9H8I2O4/c1-4(12)15-8-5(10)3-6(13)7(11)9(8)14-2/h3,13H,1-2H3. The molecule has 0 heterocycles. The van der Waals surface area contributed by atoms with E-state index in [1.807, 2.05) is 45.2 Å². The number of hydrogen-bond acceptors (Lipinski definition) is 4. The van der Waals surface area contributed by atoms with Gasteiger partial charge >= 0.3 is 5.97 Å². The summed E-state index contributed by atoms with van der Waals surface area (Å²) in [5, 5.41) is 9.54. The number of hydrogen-bond donors (Lipinski definition) is 1. The summed E-state index contributed by atoms with van der Waals surface area (Å²) in [6.07, 6.45) is 0. The molecule has 0 amide bonds. The fraction of sp³-hybridized carbons (Fsp3) is 0.222. The number of aromatic hydroxyl groups is 1. The summed E-state index contributed by atoms with van der Waals surface area (Å²) in [4.78, 5) is 10.9. The lowest BCUT2D eigenvalue weighted by Crippen LogP contribution is -2.05. The lowest BCUT2D eigenvalue weighted by molar-refractivity contribution is -0.132. The SMILES string of the molecule is COc1c(I)c(O)cc(I)c1OC(C)=O. The van der Waals surface area contributed by atoms with Crippen LogP contribution in [-0.4, -0.2) is 18.2 Å². The zero-order valence-electron chi connectivity index (χ0n) is 8.01. The fourth-order valence-electron chi connectivity index (χ4n) is 0.995. The number of methoxy groups -OCH3 is 1. The number of halogens is 2. The number of phenols is 1. The second-order valence-corrected chi connectivity index (χ2v) is 4.89. The van der Waals surface area contributed by atoms with Crippen LogP contribution in [-0.2, 0) is 4.79 Å². The minimum Gasteiger partial charge on any atom is -0.507 e. The number of phenolic OH excluding ortho intramolecular Hbond substituents is 1. The Morgan fingerprint density at radius 2 is 2.00 bits per heavy atom. The molecule has 1 rings (SSSR count). The molecule has 0 saturated heterocycles. The van der Waals surface area contributed by atoms with Crippen molar-refractivity contribution in [2.24, 2.45) is 0 Å². The number of rotatable bonds is 2. The van der Waals surface area contributed by atoms with Crippen molar-refractivity contribution in [1.82, 2.24) is 0 Å². The van der Waals surface area contributed by atoms with E-state index in [0.717, 1.165) is 0 Å². The van der Waals surface area contributed by atoms with Crippen LogP contribution >= 0.6 is 45.2 Å². The van der Waals surface area contributed by atoms with Gasteiger partial charge in [-0.15, -0.1) is 0 Å². The van der Waals surface area contributed by atoms with Gasteiger partial charge in [-0.3, -0.25) is 4.79 Å². The van der Waals surface area contributed by atoms with Crippen LogP contribution in [0.4, 0.5) is 0 Å². The average molecular weight is 434 g/mol. The highest BCUT2D eigenvalue weighted by Gasteiger charge is 2.18. The van der Waals surface area contributed by atoms with E-state index in [0.29, 0.717) is 18.6 Å². The van der Waals surface area contributed by atoms with Gasteiger partial charge in [0.15, 0.2) is 11.5 Å². The molecule has 1 aromatic rings. The van der Waals surface area contributed by atoms with Crippen LogP contribution in [0.15, 0.2) is 6.07 Å². The molecule has 82 valence electrons. The summed E-state index contributed by atoms with van der Waals surface area (Å²) in [6.45, 7) is 1.31. The first-order valence-corrected chi connectivity index (χ1v) is 6.06. The molecule has 0 spiro atoms.